The van der Waals surface area contributed by atoms with Crippen LogP contribution in [0.2, 0.25) is 0 Å². The maximum atomic E-state index is 13.1. The van der Waals surface area contributed by atoms with E-state index in [1.165, 1.54) is 4.90 Å². The van der Waals surface area contributed by atoms with Crippen molar-refractivity contribution in [1.82, 2.24) is 15.5 Å². The van der Waals surface area contributed by atoms with Gasteiger partial charge in [-0.2, -0.15) is 0 Å². The first kappa shape index (κ1) is 20.5. The van der Waals surface area contributed by atoms with Gasteiger partial charge in [-0.25, -0.2) is 0 Å². The Morgan fingerprint density at radius 1 is 1.33 bits per heavy atom. The van der Waals surface area contributed by atoms with E-state index in [1.54, 1.807) is 11.8 Å². The van der Waals surface area contributed by atoms with Crippen LogP contribution in [0.25, 0.3) is 0 Å². The first-order valence-electron chi connectivity index (χ1n) is 9.60. The Bertz CT molecular complexity index is 702. The molecular weight excluding hydrogens is 382 g/mol. The molecule has 2 amide bonds. The van der Waals surface area contributed by atoms with Crippen molar-refractivity contribution in [2.75, 3.05) is 19.3 Å². The number of benzene rings is 1. The Kier molecular flexibility index (Phi) is 6.71. The van der Waals surface area contributed by atoms with Gasteiger partial charge in [0.05, 0.1) is 0 Å². The van der Waals surface area contributed by atoms with Gasteiger partial charge in [-0.1, -0.05) is 12.1 Å². The van der Waals surface area contributed by atoms with Crippen LogP contribution < -0.4 is 10.6 Å². The number of piperidine rings is 3. The van der Waals surface area contributed by atoms with Crippen LogP contribution in [0.5, 0.6) is 0 Å². The van der Waals surface area contributed by atoms with Crippen LogP contribution in [0.1, 0.15) is 31.2 Å². The third-order valence-electron chi connectivity index (χ3n) is 6.11. The number of nitrogens with zero attached hydrogens (tertiary/aromatic N) is 1. The highest BCUT2D eigenvalue weighted by Crippen LogP contribution is 2.39. The molecule has 3 fully saturated rings. The van der Waals surface area contributed by atoms with Crippen LogP contribution in [-0.2, 0) is 16.1 Å². The van der Waals surface area contributed by atoms with Crippen LogP contribution >= 0.6 is 24.2 Å². The number of thioether (sulfide) groups is 1. The summed E-state index contributed by atoms with van der Waals surface area (Å²) in [6.45, 7) is 2.31. The molecule has 7 heteroatoms. The first-order valence-corrected chi connectivity index (χ1v) is 10.8. The molecule has 2 N–H and O–H groups in total. The molecule has 0 aliphatic carbocycles. The molecule has 5 nitrogen and oxygen atoms in total. The van der Waals surface area contributed by atoms with Crippen molar-refractivity contribution in [2.45, 2.75) is 49.2 Å². The minimum absolute atomic E-state index is 0. The molecule has 3 saturated heterocycles. The summed E-state index contributed by atoms with van der Waals surface area (Å²) in [5.74, 6) is 0.902. The van der Waals surface area contributed by atoms with E-state index in [1.807, 2.05) is 23.3 Å². The Morgan fingerprint density at radius 2 is 2.15 bits per heavy atom. The highest BCUT2D eigenvalue weighted by Gasteiger charge is 2.50. The summed E-state index contributed by atoms with van der Waals surface area (Å²) in [4.78, 5) is 28.9. The molecule has 1 aromatic carbocycles. The number of carbonyl (C=O) groups excluding carboxylic acids is 2. The fourth-order valence-corrected chi connectivity index (χ4v) is 5.41. The molecule has 148 valence electrons. The van der Waals surface area contributed by atoms with E-state index in [0.29, 0.717) is 18.9 Å². The zero-order valence-corrected chi connectivity index (χ0v) is 17.3. The average molecular weight is 410 g/mol. The smallest absolute Gasteiger partial charge is 0.243 e. The molecule has 3 aliphatic rings. The van der Waals surface area contributed by atoms with Gasteiger partial charge >= 0.3 is 0 Å². The first-order chi connectivity index (χ1) is 12.7. The number of hydrogen-bond donors (Lipinski definition) is 2. The topological polar surface area (TPSA) is 61.4 Å². The molecule has 1 aromatic rings. The maximum absolute atomic E-state index is 13.1. The van der Waals surface area contributed by atoms with Crippen LogP contribution in [0, 0.1) is 11.8 Å². The molecular formula is C20H28ClN3O2S. The quantitative estimate of drug-likeness (QED) is 0.750. The van der Waals surface area contributed by atoms with Crippen molar-refractivity contribution in [2.24, 2.45) is 11.8 Å². The van der Waals surface area contributed by atoms with Crippen molar-refractivity contribution >= 4 is 36.0 Å². The molecule has 0 spiro atoms. The average Bonchev–Trinajstić information content (AvgIpc) is 2.67. The molecule has 0 radical (unpaired) electrons. The third kappa shape index (κ3) is 4.13. The SMILES string of the molecule is CSc1cccc(CNC(=O)[C@H]2[C@@H]3CNC[C@@H](C3)[C@@H]3CCCC(=O)N32)c1.Cl. The number of amides is 2. The molecule has 2 bridgehead atoms. The number of fused-ring (bicyclic) bond motifs is 4. The number of hydrogen-bond acceptors (Lipinski definition) is 4. The summed E-state index contributed by atoms with van der Waals surface area (Å²) in [5, 5.41) is 6.59. The lowest BCUT2D eigenvalue weighted by Gasteiger charge is -2.53. The van der Waals surface area contributed by atoms with E-state index in [0.717, 1.165) is 37.9 Å². The van der Waals surface area contributed by atoms with Gasteiger partial charge in [0, 0.05) is 36.4 Å². The Hall–Kier alpha value is -1.24. The lowest BCUT2D eigenvalue weighted by molar-refractivity contribution is -0.157. The van der Waals surface area contributed by atoms with Crippen molar-refractivity contribution in [3.63, 3.8) is 0 Å². The second-order valence-corrected chi connectivity index (χ2v) is 8.57. The highest BCUT2D eigenvalue weighted by molar-refractivity contribution is 7.98. The van der Waals surface area contributed by atoms with E-state index < -0.39 is 0 Å². The Labute approximate surface area is 171 Å². The summed E-state index contributed by atoms with van der Waals surface area (Å²) < 4.78 is 0. The largest absolute Gasteiger partial charge is 0.350 e. The predicted octanol–water partition coefficient (Wildman–Crippen LogP) is 2.44. The normalized spacial score (nSPS) is 29.5. The van der Waals surface area contributed by atoms with Gasteiger partial charge in [0.25, 0.3) is 0 Å². The van der Waals surface area contributed by atoms with Crippen molar-refractivity contribution < 1.29 is 9.59 Å². The van der Waals surface area contributed by atoms with Crippen molar-refractivity contribution in [3.05, 3.63) is 29.8 Å². The Morgan fingerprint density at radius 3 is 2.96 bits per heavy atom. The Balaban J connectivity index is 0.00000210. The molecule has 0 saturated carbocycles. The van der Waals surface area contributed by atoms with Gasteiger partial charge in [0.2, 0.25) is 11.8 Å². The van der Waals surface area contributed by atoms with Crippen LogP contribution in [0.3, 0.4) is 0 Å². The molecule has 4 rings (SSSR count). The number of nitrogens with one attached hydrogen (secondary N) is 2. The monoisotopic (exact) mass is 409 g/mol. The summed E-state index contributed by atoms with van der Waals surface area (Å²) in [7, 11) is 0. The minimum atomic E-state index is -0.319. The second kappa shape index (κ2) is 8.84. The summed E-state index contributed by atoms with van der Waals surface area (Å²) in [6, 6.07) is 8.15. The van der Waals surface area contributed by atoms with Crippen molar-refractivity contribution in [3.8, 4) is 0 Å². The fraction of sp³-hybridized carbons (Fsp3) is 0.600. The highest BCUT2D eigenvalue weighted by atomic mass is 35.5. The molecule has 3 aliphatic heterocycles. The lowest BCUT2D eigenvalue weighted by atomic mass is 9.72. The molecule has 0 unspecified atom stereocenters. The predicted molar refractivity (Wildman–Crippen MR) is 110 cm³/mol. The molecule has 4 atom stereocenters. The van der Waals surface area contributed by atoms with Gasteiger partial charge in [0.15, 0.2) is 0 Å². The van der Waals surface area contributed by atoms with Crippen molar-refractivity contribution in [1.29, 1.82) is 0 Å². The lowest BCUT2D eigenvalue weighted by Crippen LogP contribution is -2.67. The van der Waals surface area contributed by atoms with Crippen LogP contribution in [0.15, 0.2) is 29.2 Å². The standard InChI is InChI=1S/C20H27N3O2S.ClH/c1-26-16-5-2-4-13(8-16)10-22-20(25)19-15-9-14(11-21-12-15)17-6-3-7-18(24)23(17)19;/h2,4-5,8,14-15,17,19,21H,3,6-7,9-12H2,1H3,(H,22,25);1H/t14-,15+,17+,19-;/m1./s1. The molecule has 0 aromatic heterocycles. The number of halogens is 1. The zero-order valence-electron chi connectivity index (χ0n) is 15.6. The second-order valence-electron chi connectivity index (χ2n) is 7.69. The van der Waals surface area contributed by atoms with Gasteiger partial charge in [-0.05, 0) is 55.7 Å². The van der Waals surface area contributed by atoms with Gasteiger partial charge in [-0.15, -0.1) is 24.2 Å². The maximum Gasteiger partial charge on any atom is 0.243 e. The summed E-state index contributed by atoms with van der Waals surface area (Å²) >= 11 is 1.70. The number of carbonyl (C=O) groups is 2. The van der Waals surface area contributed by atoms with E-state index >= 15 is 0 Å². The van der Waals surface area contributed by atoms with E-state index in [-0.39, 0.29) is 42.2 Å². The van der Waals surface area contributed by atoms with E-state index in [9.17, 15) is 9.59 Å². The van der Waals surface area contributed by atoms with E-state index in [4.69, 9.17) is 0 Å². The zero-order chi connectivity index (χ0) is 18.1. The van der Waals surface area contributed by atoms with E-state index in [2.05, 4.69) is 22.8 Å². The third-order valence-corrected chi connectivity index (χ3v) is 6.84. The van der Waals surface area contributed by atoms with Crippen LogP contribution in [-0.4, -0.2) is 48.1 Å². The van der Waals surface area contributed by atoms with Gasteiger partial charge < -0.3 is 15.5 Å². The van der Waals surface area contributed by atoms with Crippen LogP contribution in [0.4, 0.5) is 0 Å². The minimum Gasteiger partial charge on any atom is -0.350 e. The summed E-state index contributed by atoms with van der Waals surface area (Å²) in [5.41, 5.74) is 1.10. The summed E-state index contributed by atoms with van der Waals surface area (Å²) in [6.07, 6.45) is 5.68. The molecule has 3 heterocycles. The van der Waals surface area contributed by atoms with Gasteiger partial charge in [0.1, 0.15) is 6.04 Å². The molecule has 27 heavy (non-hydrogen) atoms. The van der Waals surface area contributed by atoms with Gasteiger partial charge in [-0.3, -0.25) is 9.59 Å². The number of rotatable bonds is 4. The fourth-order valence-electron chi connectivity index (χ4n) is 4.93.